The number of aryl methyl sites for hydroxylation is 1. The van der Waals surface area contributed by atoms with Crippen LogP contribution in [-0.4, -0.2) is 32.1 Å². The van der Waals surface area contributed by atoms with Crippen molar-refractivity contribution in [2.45, 2.75) is 19.8 Å². The maximum Gasteiger partial charge on any atom is 0.261 e. The molecular weight excluding hydrogens is 352 g/mol. The lowest BCUT2D eigenvalue weighted by Gasteiger charge is -2.10. The average molecular weight is 374 g/mol. The summed E-state index contributed by atoms with van der Waals surface area (Å²) < 4.78 is 10.9. The Bertz CT molecular complexity index is 799. The van der Waals surface area contributed by atoms with E-state index in [0.717, 1.165) is 23.4 Å². The second kappa shape index (κ2) is 8.23. The van der Waals surface area contributed by atoms with Gasteiger partial charge in [0, 0.05) is 5.92 Å². The molecule has 1 saturated carbocycles. The van der Waals surface area contributed by atoms with E-state index >= 15 is 0 Å². The monoisotopic (exact) mass is 374 g/mol. The van der Waals surface area contributed by atoms with Crippen molar-refractivity contribution in [1.29, 1.82) is 0 Å². The average Bonchev–Trinajstić information content (AvgIpc) is 3.42. The summed E-state index contributed by atoms with van der Waals surface area (Å²) in [6.07, 6.45) is 1.91. The molecule has 3 rings (SSSR count). The number of carbonyl (C=O) groups excluding carboxylic acids is 2. The van der Waals surface area contributed by atoms with Gasteiger partial charge in [0.25, 0.3) is 5.91 Å². The molecule has 2 amide bonds. The standard InChI is InChI=1S/C19H22N2O4S/c1-12-11-16(21-18(22)13-7-8-13)26-17(12)19(23)20-9-10-25-15-6-4-3-5-14(15)24-2/h3-6,11,13H,7-10H2,1-2H3,(H,20,23)(H,21,22). The second-order valence-corrected chi connectivity index (χ2v) is 7.19. The van der Waals surface area contributed by atoms with Crippen LogP contribution < -0.4 is 20.1 Å². The van der Waals surface area contributed by atoms with Gasteiger partial charge in [-0.25, -0.2) is 0 Å². The minimum absolute atomic E-state index is 0.0448. The van der Waals surface area contributed by atoms with Crippen LogP contribution in [0.4, 0.5) is 5.00 Å². The molecule has 1 aromatic heterocycles. The minimum atomic E-state index is -0.164. The van der Waals surface area contributed by atoms with E-state index in [9.17, 15) is 9.59 Å². The van der Waals surface area contributed by atoms with E-state index in [0.29, 0.717) is 29.5 Å². The van der Waals surface area contributed by atoms with Gasteiger partial charge in [0.05, 0.1) is 23.5 Å². The summed E-state index contributed by atoms with van der Waals surface area (Å²) in [4.78, 5) is 24.8. The zero-order valence-corrected chi connectivity index (χ0v) is 15.7. The number of ether oxygens (including phenoxy) is 2. The Morgan fingerprint density at radius 2 is 1.96 bits per heavy atom. The quantitative estimate of drug-likeness (QED) is 0.696. The summed E-state index contributed by atoms with van der Waals surface area (Å²) in [6, 6.07) is 9.21. The van der Waals surface area contributed by atoms with Gasteiger partial charge < -0.3 is 20.1 Å². The first kappa shape index (κ1) is 18.3. The van der Waals surface area contributed by atoms with Crippen molar-refractivity contribution in [1.82, 2.24) is 5.32 Å². The van der Waals surface area contributed by atoms with Crippen molar-refractivity contribution in [3.63, 3.8) is 0 Å². The summed E-state index contributed by atoms with van der Waals surface area (Å²) in [6.45, 7) is 2.57. The molecule has 1 aromatic carbocycles. The molecule has 6 nitrogen and oxygen atoms in total. The Hall–Kier alpha value is -2.54. The summed E-state index contributed by atoms with van der Waals surface area (Å²) >= 11 is 1.30. The number of thiophene rings is 1. The molecule has 1 fully saturated rings. The number of rotatable bonds is 8. The number of carbonyl (C=O) groups is 2. The zero-order valence-electron chi connectivity index (χ0n) is 14.8. The van der Waals surface area contributed by atoms with E-state index in [-0.39, 0.29) is 17.7 Å². The van der Waals surface area contributed by atoms with Crippen LogP contribution in [0.5, 0.6) is 11.5 Å². The fourth-order valence-corrected chi connectivity index (χ4v) is 3.47. The Labute approximate surface area is 156 Å². The highest BCUT2D eigenvalue weighted by molar-refractivity contribution is 7.18. The lowest BCUT2D eigenvalue weighted by atomic mass is 10.2. The Morgan fingerprint density at radius 1 is 1.23 bits per heavy atom. The number of para-hydroxylation sites is 2. The van der Waals surface area contributed by atoms with Crippen LogP contribution >= 0.6 is 11.3 Å². The topological polar surface area (TPSA) is 76.7 Å². The fourth-order valence-electron chi connectivity index (χ4n) is 2.48. The van der Waals surface area contributed by atoms with Crippen LogP contribution in [0.2, 0.25) is 0 Å². The molecule has 1 heterocycles. The van der Waals surface area contributed by atoms with Crippen LogP contribution in [-0.2, 0) is 4.79 Å². The van der Waals surface area contributed by atoms with E-state index in [1.165, 1.54) is 11.3 Å². The smallest absolute Gasteiger partial charge is 0.261 e. The lowest BCUT2D eigenvalue weighted by molar-refractivity contribution is -0.117. The van der Waals surface area contributed by atoms with Gasteiger partial charge in [-0.2, -0.15) is 0 Å². The molecule has 2 aromatic rings. The zero-order chi connectivity index (χ0) is 18.5. The van der Waals surface area contributed by atoms with Crippen LogP contribution in [0, 0.1) is 12.8 Å². The van der Waals surface area contributed by atoms with Gasteiger partial charge in [-0.3, -0.25) is 9.59 Å². The predicted octanol–water partition coefficient (Wildman–Crippen LogP) is 3.22. The second-order valence-electron chi connectivity index (χ2n) is 6.14. The van der Waals surface area contributed by atoms with Crippen molar-refractivity contribution in [3.05, 3.63) is 40.8 Å². The number of nitrogens with one attached hydrogen (secondary N) is 2. The number of hydrogen-bond acceptors (Lipinski definition) is 5. The molecule has 2 N–H and O–H groups in total. The van der Waals surface area contributed by atoms with Gasteiger partial charge in [-0.1, -0.05) is 12.1 Å². The van der Waals surface area contributed by atoms with Crippen molar-refractivity contribution in [3.8, 4) is 11.5 Å². The highest BCUT2D eigenvalue weighted by Crippen LogP contribution is 2.32. The van der Waals surface area contributed by atoms with Crippen molar-refractivity contribution in [2.24, 2.45) is 5.92 Å². The van der Waals surface area contributed by atoms with E-state index < -0.39 is 0 Å². The summed E-state index contributed by atoms with van der Waals surface area (Å²) in [7, 11) is 1.59. The van der Waals surface area contributed by atoms with Gasteiger partial charge in [-0.05, 0) is 43.5 Å². The molecule has 26 heavy (non-hydrogen) atoms. The van der Waals surface area contributed by atoms with E-state index in [2.05, 4.69) is 10.6 Å². The minimum Gasteiger partial charge on any atom is -0.493 e. The Morgan fingerprint density at radius 3 is 2.65 bits per heavy atom. The number of benzene rings is 1. The predicted molar refractivity (Wildman–Crippen MR) is 101 cm³/mol. The van der Waals surface area contributed by atoms with Crippen molar-refractivity contribution < 1.29 is 19.1 Å². The van der Waals surface area contributed by atoms with Crippen LogP contribution in [0.3, 0.4) is 0 Å². The van der Waals surface area contributed by atoms with Gasteiger partial charge in [0.2, 0.25) is 5.91 Å². The molecule has 7 heteroatoms. The lowest BCUT2D eigenvalue weighted by Crippen LogP contribution is -2.27. The largest absolute Gasteiger partial charge is 0.493 e. The summed E-state index contributed by atoms with van der Waals surface area (Å²) in [5, 5.41) is 6.44. The summed E-state index contributed by atoms with van der Waals surface area (Å²) in [5.74, 6) is 1.32. The Balaban J connectivity index is 1.48. The van der Waals surface area contributed by atoms with Gasteiger partial charge in [0.1, 0.15) is 6.61 Å². The molecule has 0 radical (unpaired) electrons. The molecule has 0 bridgehead atoms. The third kappa shape index (κ3) is 4.54. The van der Waals surface area contributed by atoms with Crippen molar-refractivity contribution in [2.75, 3.05) is 25.6 Å². The SMILES string of the molecule is COc1ccccc1OCCNC(=O)c1sc(NC(=O)C2CC2)cc1C. The highest BCUT2D eigenvalue weighted by Gasteiger charge is 2.30. The maximum absolute atomic E-state index is 12.4. The number of methoxy groups -OCH3 is 1. The molecule has 0 atom stereocenters. The first-order valence-corrected chi connectivity index (χ1v) is 9.35. The first-order chi connectivity index (χ1) is 12.6. The molecule has 0 aliphatic heterocycles. The molecule has 1 aliphatic carbocycles. The van der Waals surface area contributed by atoms with Crippen molar-refractivity contribution >= 4 is 28.2 Å². The van der Waals surface area contributed by atoms with E-state index in [1.807, 2.05) is 37.3 Å². The van der Waals surface area contributed by atoms with Crippen LogP contribution in [0.1, 0.15) is 28.1 Å². The molecule has 1 aliphatic rings. The fraction of sp³-hybridized carbons (Fsp3) is 0.368. The number of amides is 2. The number of hydrogen-bond donors (Lipinski definition) is 2. The highest BCUT2D eigenvalue weighted by atomic mass is 32.1. The van der Waals surface area contributed by atoms with Crippen LogP contribution in [0.25, 0.3) is 0 Å². The molecule has 0 spiro atoms. The van der Waals surface area contributed by atoms with Gasteiger partial charge in [0.15, 0.2) is 11.5 Å². The summed E-state index contributed by atoms with van der Waals surface area (Å²) in [5.41, 5.74) is 0.851. The van der Waals surface area contributed by atoms with E-state index in [1.54, 1.807) is 7.11 Å². The third-order valence-corrected chi connectivity index (χ3v) is 5.18. The van der Waals surface area contributed by atoms with Gasteiger partial charge >= 0.3 is 0 Å². The molecule has 138 valence electrons. The van der Waals surface area contributed by atoms with E-state index in [4.69, 9.17) is 9.47 Å². The normalized spacial score (nSPS) is 13.2. The molecular formula is C19H22N2O4S. The van der Waals surface area contributed by atoms with Gasteiger partial charge in [-0.15, -0.1) is 11.3 Å². The molecule has 0 unspecified atom stereocenters. The first-order valence-electron chi connectivity index (χ1n) is 8.54. The Kier molecular flexibility index (Phi) is 5.78. The maximum atomic E-state index is 12.4. The third-order valence-electron chi connectivity index (χ3n) is 4.03. The molecule has 0 saturated heterocycles. The van der Waals surface area contributed by atoms with Crippen LogP contribution in [0.15, 0.2) is 30.3 Å². The number of anilines is 1.